The third kappa shape index (κ3) is 6.93. The summed E-state index contributed by atoms with van der Waals surface area (Å²) in [5, 5.41) is 2.94. The van der Waals surface area contributed by atoms with E-state index in [-0.39, 0.29) is 11.7 Å². The van der Waals surface area contributed by atoms with E-state index >= 15 is 0 Å². The fourth-order valence-corrected chi connectivity index (χ4v) is 2.46. The van der Waals surface area contributed by atoms with Crippen LogP contribution in [-0.2, 0) is 11.2 Å². The molecule has 0 aliphatic heterocycles. The highest BCUT2D eigenvalue weighted by Crippen LogP contribution is 2.10. The maximum absolute atomic E-state index is 12.8. The van der Waals surface area contributed by atoms with E-state index in [2.05, 4.69) is 24.4 Å². The average molecular weight is 344 g/mol. The molecule has 0 atom stereocenters. The van der Waals surface area contributed by atoms with Gasteiger partial charge in [-0.1, -0.05) is 24.3 Å². The number of carbonyl (C=O) groups excluding carboxylic acids is 1. The zero-order valence-electron chi connectivity index (χ0n) is 14.8. The van der Waals surface area contributed by atoms with Crippen molar-refractivity contribution < 1.29 is 13.9 Å². The molecule has 134 valence electrons. The first-order chi connectivity index (χ1) is 12.0. The molecule has 1 N–H and O–H groups in total. The van der Waals surface area contributed by atoms with Crippen LogP contribution in [-0.4, -0.2) is 44.1 Å². The zero-order chi connectivity index (χ0) is 18.1. The van der Waals surface area contributed by atoms with Crippen molar-refractivity contribution in [2.75, 3.05) is 33.3 Å². The Morgan fingerprint density at radius 3 is 2.60 bits per heavy atom. The maximum atomic E-state index is 12.8. The Kier molecular flexibility index (Phi) is 7.41. The number of carbonyl (C=O) groups is 1. The normalized spacial score (nSPS) is 10.7. The van der Waals surface area contributed by atoms with E-state index in [1.165, 1.54) is 23.3 Å². The Morgan fingerprint density at radius 1 is 1.16 bits per heavy atom. The van der Waals surface area contributed by atoms with Gasteiger partial charge in [-0.15, -0.1) is 0 Å². The smallest absolute Gasteiger partial charge is 0.234 e. The van der Waals surface area contributed by atoms with E-state index in [1.54, 1.807) is 12.1 Å². The Morgan fingerprint density at radius 2 is 1.88 bits per heavy atom. The molecule has 0 heterocycles. The Labute approximate surface area is 148 Å². The van der Waals surface area contributed by atoms with Crippen molar-refractivity contribution in [1.29, 1.82) is 0 Å². The van der Waals surface area contributed by atoms with Crippen LogP contribution in [0, 0.1) is 12.7 Å². The van der Waals surface area contributed by atoms with Crippen LogP contribution in [0.15, 0.2) is 48.5 Å². The molecule has 2 rings (SSSR count). The molecule has 0 aromatic heterocycles. The number of halogens is 1. The second-order valence-corrected chi connectivity index (χ2v) is 6.07. The summed E-state index contributed by atoms with van der Waals surface area (Å²) in [6.45, 7) is 4.08. The monoisotopic (exact) mass is 344 g/mol. The molecule has 0 fully saturated rings. The van der Waals surface area contributed by atoms with Gasteiger partial charge in [0.05, 0.1) is 6.54 Å². The lowest BCUT2D eigenvalue weighted by Crippen LogP contribution is -2.37. The topological polar surface area (TPSA) is 41.6 Å². The van der Waals surface area contributed by atoms with Gasteiger partial charge in [-0.3, -0.25) is 9.69 Å². The van der Waals surface area contributed by atoms with Crippen molar-refractivity contribution in [2.24, 2.45) is 0 Å². The number of amides is 1. The van der Waals surface area contributed by atoms with E-state index < -0.39 is 0 Å². The van der Waals surface area contributed by atoms with Crippen LogP contribution >= 0.6 is 0 Å². The lowest BCUT2D eigenvalue weighted by molar-refractivity contribution is -0.121. The number of nitrogens with zero attached hydrogens (tertiary/aromatic N) is 1. The van der Waals surface area contributed by atoms with Crippen molar-refractivity contribution in [2.45, 2.75) is 13.3 Å². The fourth-order valence-electron chi connectivity index (χ4n) is 2.46. The van der Waals surface area contributed by atoms with Crippen molar-refractivity contribution in [1.82, 2.24) is 10.2 Å². The van der Waals surface area contributed by atoms with Crippen LogP contribution in [0.3, 0.4) is 0 Å². The molecular formula is C20H25FN2O2. The van der Waals surface area contributed by atoms with Gasteiger partial charge in [-0.2, -0.15) is 0 Å². The predicted molar refractivity (Wildman–Crippen MR) is 97.3 cm³/mol. The summed E-state index contributed by atoms with van der Waals surface area (Å²) in [5.74, 6) is 0.335. The fraction of sp³-hybridized carbons (Fsp3) is 0.350. The quantitative estimate of drug-likeness (QED) is 0.761. The van der Waals surface area contributed by atoms with E-state index in [0.29, 0.717) is 32.0 Å². The predicted octanol–water partition coefficient (Wildman–Crippen LogP) is 2.80. The average Bonchev–Trinajstić information content (AvgIpc) is 2.58. The maximum Gasteiger partial charge on any atom is 0.234 e. The summed E-state index contributed by atoms with van der Waals surface area (Å²) >= 11 is 0. The second-order valence-electron chi connectivity index (χ2n) is 6.07. The van der Waals surface area contributed by atoms with Gasteiger partial charge in [0.25, 0.3) is 0 Å². The van der Waals surface area contributed by atoms with E-state index in [0.717, 1.165) is 6.42 Å². The van der Waals surface area contributed by atoms with Crippen molar-refractivity contribution in [3.05, 3.63) is 65.5 Å². The minimum Gasteiger partial charge on any atom is -0.492 e. The van der Waals surface area contributed by atoms with Gasteiger partial charge in [0.15, 0.2) is 0 Å². The molecule has 1 amide bonds. The number of likely N-dealkylation sites (N-methyl/N-ethyl adjacent to an activating group) is 1. The van der Waals surface area contributed by atoms with Gasteiger partial charge in [0.2, 0.25) is 5.91 Å². The second kappa shape index (κ2) is 9.79. The molecule has 0 spiro atoms. The number of benzene rings is 2. The van der Waals surface area contributed by atoms with Crippen LogP contribution in [0.25, 0.3) is 0 Å². The summed E-state index contributed by atoms with van der Waals surface area (Å²) < 4.78 is 18.3. The van der Waals surface area contributed by atoms with Gasteiger partial charge in [-0.05, 0) is 55.8 Å². The highest BCUT2D eigenvalue weighted by molar-refractivity contribution is 5.77. The molecule has 0 radical (unpaired) electrons. The third-order valence-corrected chi connectivity index (χ3v) is 3.95. The Bertz CT molecular complexity index is 674. The summed E-state index contributed by atoms with van der Waals surface area (Å²) in [4.78, 5) is 13.9. The molecule has 25 heavy (non-hydrogen) atoms. The van der Waals surface area contributed by atoms with Crippen LogP contribution in [0.2, 0.25) is 0 Å². The minimum absolute atomic E-state index is 0.00198. The molecule has 0 bridgehead atoms. The van der Waals surface area contributed by atoms with Crippen LogP contribution in [0.1, 0.15) is 11.1 Å². The first kappa shape index (κ1) is 18.9. The lowest BCUT2D eigenvalue weighted by atomic mass is 10.1. The largest absolute Gasteiger partial charge is 0.492 e. The van der Waals surface area contributed by atoms with Gasteiger partial charge in [0, 0.05) is 13.1 Å². The van der Waals surface area contributed by atoms with E-state index in [4.69, 9.17) is 4.74 Å². The van der Waals surface area contributed by atoms with E-state index in [1.807, 2.05) is 24.1 Å². The summed E-state index contributed by atoms with van der Waals surface area (Å²) in [6, 6.07) is 14.1. The van der Waals surface area contributed by atoms with Crippen LogP contribution in [0.4, 0.5) is 4.39 Å². The highest BCUT2D eigenvalue weighted by atomic mass is 19.1. The molecule has 5 heteroatoms. The number of hydrogen-bond acceptors (Lipinski definition) is 3. The lowest BCUT2D eigenvalue weighted by Gasteiger charge is -2.16. The zero-order valence-corrected chi connectivity index (χ0v) is 14.8. The first-order valence-corrected chi connectivity index (χ1v) is 8.42. The van der Waals surface area contributed by atoms with Crippen LogP contribution in [0.5, 0.6) is 5.75 Å². The number of hydrogen-bond donors (Lipinski definition) is 1. The van der Waals surface area contributed by atoms with Crippen LogP contribution < -0.4 is 10.1 Å². The summed E-state index contributed by atoms with van der Waals surface area (Å²) in [5.41, 5.74) is 2.50. The first-order valence-electron chi connectivity index (χ1n) is 8.42. The molecule has 0 saturated heterocycles. The number of ether oxygens (including phenoxy) is 1. The highest BCUT2D eigenvalue weighted by Gasteiger charge is 2.07. The Balaban J connectivity index is 1.61. The molecular weight excluding hydrogens is 319 g/mol. The number of aryl methyl sites for hydroxylation is 1. The van der Waals surface area contributed by atoms with Crippen molar-refractivity contribution in [3.8, 4) is 5.75 Å². The van der Waals surface area contributed by atoms with Gasteiger partial charge in [-0.25, -0.2) is 4.39 Å². The molecule has 2 aromatic carbocycles. The molecule has 0 aliphatic rings. The standard InChI is InChI=1S/C20H25FN2O2/c1-16-5-3-4-6-17(16)11-12-22-20(24)15-23(2)13-14-25-19-9-7-18(21)8-10-19/h3-10H,11-15H2,1-2H3,(H,22,24). The Hall–Kier alpha value is -2.40. The van der Waals surface area contributed by atoms with Crippen molar-refractivity contribution in [3.63, 3.8) is 0 Å². The SMILES string of the molecule is Cc1ccccc1CCNC(=O)CN(C)CCOc1ccc(F)cc1. The summed E-state index contributed by atoms with van der Waals surface area (Å²) in [7, 11) is 1.87. The number of nitrogens with one attached hydrogen (secondary N) is 1. The molecule has 0 unspecified atom stereocenters. The van der Waals surface area contributed by atoms with Gasteiger partial charge < -0.3 is 10.1 Å². The third-order valence-electron chi connectivity index (χ3n) is 3.95. The molecule has 4 nitrogen and oxygen atoms in total. The minimum atomic E-state index is -0.285. The molecule has 0 aliphatic carbocycles. The number of rotatable bonds is 9. The van der Waals surface area contributed by atoms with Gasteiger partial charge >= 0.3 is 0 Å². The molecule has 0 saturated carbocycles. The van der Waals surface area contributed by atoms with Crippen molar-refractivity contribution >= 4 is 5.91 Å². The van der Waals surface area contributed by atoms with Gasteiger partial charge in [0.1, 0.15) is 18.2 Å². The van der Waals surface area contributed by atoms with E-state index in [9.17, 15) is 9.18 Å². The summed E-state index contributed by atoms with van der Waals surface area (Å²) in [6.07, 6.45) is 0.829. The molecule has 2 aromatic rings.